The van der Waals surface area contributed by atoms with E-state index in [1.165, 1.54) is 23.4 Å². The first-order valence-corrected chi connectivity index (χ1v) is 9.30. The minimum atomic E-state index is -0.262. The van der Waals surface area contributed by atoms with Crippen molar-refractivity contribution >= 4 is 46.6 Å². The smallest absolute Gasteiger partial charge is 0.247 e. The first-order valence-electron chi connectivity index (χ1n) is 8.11. The van der Waals surface area contributed by atoms with Crippen molar-refractivity contribution < 1.29 is 4.79 Å². The largest absolute Gasteiger partial charge is 0.324 e. The third-order valence-electron chi connectivity index (χ3n) is 3.52. The Morgan fingerprint density at radius 1 is 1.19 bits per heavy atom. The summed E-state index contributed by atoms with van der Waals surface area (Å²) in [6.45, 7) is 5.48. The summed E-state index contributed by atoms with van der Waals surface area (Å²) in [7, 11) is 0. The standard InChI is InChI=1S/C20H17ClN4OS/c1-3-18(26)23-15-5-4-6-16(11-15)27-19-17(21)12-22-20(25-19)24-14-9-7-13(2)8-10-14/h3-12H,1H2,2H3,(H,23,26)(H,22,24,25). The number of anilines is 3. The van der Waals surface area contributed by atoms with Crippen LogP contribution in [0.4, 0.5) is 17.3 Å². The molecule has 0 unspecified atom stereocenters. The van der Waals surface area contributed by atoms with E-state index in [0.29, 0.717) is 21.7 Å². The van der Waals surface area contributed by atoms with Crippen LogP contribution in [0.25, 0.3) is 0 Å². The molecular weight excluding hydrogens is 380 g/mol. The molecule has 0 aliphatic heterocycles. The molecule has 0 saturated heterocycles. The number of hydrogen-bond donors (Lipinski definition) is 2. The number of nitrogens with one attached hydrogen (secondary N) is 2. The Morgan fingerprint density at radius 2 is 1.96 bits per heavy atom. The molecule has 7 heteroatoms. The van der Waals surface area contributed by atoms with Crippen molar-refractivity contribution in [2.75, 3.05) is 10.6 Å². The molecule has 0 bridgehead atoms. The number of hydrogen-bond acceptors (Lipinski definition) is 5. The monoisotopic (exact) mass is 396 g/mol. The third-order valence-corrected chi connectivity index (χ3v) is 4.90. The van der Waals surface area contributed by atoms with Crippen molar-refractivity contribution in [1.29, 1.82) is 0 Å². The zero-order valence-electron chi connectivity index (χ0n) is 14.6. The fourth-order valence-corrected chi connectivity index (χ4v) is 3.24. The Labute approximate surface area is 166 Å². The second-order valence-electron chi connectivity index (χ2n) is 5.66. The summed E-state index contributed by atoms with van der Waals surface area (Å²) < 4.78 is 0. The molecule has 0 aliphatic rings. The number of rotatable bonds is 6. The topological polar surface area (TPSA) is 66.9 Å². The molecule has 3 aromatic rings. The van der Waals surface area contributed by atoms with Gasteiger partial charge in [-0.15, -0.1) is 0 Å². The summed E-state index contributed by atoms with van der Waals surface area (Å²) >= 11 is 7.65. The van der Waals surface area contributed by atoms with Crippen LogP contribution in [0.1, 0.15) is 5.56 Å². The van der Waals surface area contributed by atoms with Gasteiger partial charge < -0.3 is 10.6 Å². The predicted octanol–water partition coefficient (Wildman–Crippen LogP) is 5.46. The Morgan fingerprint density at radius 3 is 2.70 bits per heavy atom. The van der Waals surface area contributed by atoms with Gasteiger partial charge in [-0.2, -0.15) is 0 Å². The van der Waals surface area contributed by atoms with Crippen LogP contribution in [-0.4, -0.2) is 15.9 Å². The molecule has 1 aromatic heterocycles. The lowest BCUT2D eigenvalue weighted by atomic mass is 10.2. The van der Waals surface area contributed by atoms with Gasteiger partial charge in [-0.25, -0.2) is 9.97 Å². The molecule has 0 spiro atoms. The van der Waals surface area contributed by atoms with Crippen molar-refractivity contribution in [1.82, 2.24) is 9.97 Å². The molecule has 0 atom stereocenters. The summed E-state index contributed by atoms with van der Waals surface area (Å²) in [5.41, 5.74) is 2.75. The molecule has 136 valence electrons. The van der Waals surface area contributed by atoms with Crippen molar-refractivity contribution in [3.63, 3.8) is 0 Å². The van der Waals surface area contributed by atoms with Gasteiger partial charge in [0.1, 0.15) is 5.03 Å². The van der Waals surface area contributed by atoms with E-state index in [1.807, 2.05) is 49.4 Å². The second-order valence-corrected chi connectivity index (χ2v) is 7.13. The van der Waals surface area contributed by atoms with E-state index in [0.717, 1.165) is 10.6 Å². The highest BCUT2D eigenvalue weighted by Gasteiger charge is 2.09. The van der Waals surface area contributed by atoms with Gasteiger partial charge >= 0.3 is 0 Å². The summed E-state index contributed by atoms with van der Waals surface area (Å²) in [5.74, 6) is 0.198. The van der Waals surface area contributed by atoms with E-state index in [1.54, 1.807) is 12.3 Å². The van der Waals surface area contributed by atoms with Crippen molar-refractivity contribution in [3.8, 4) is 0 Å². The molecule has 27 heavy (non-hydrogen) atoms. The highest BCUT2D eigenvalue weighted by molar-refractivity contribution is 7.99. The Kier molecular flexibility index (Phi) is 6.11. The zero-order valence-corrected chi connectivity index (χ0v) is 16.1. The number of carbonyl (C=O) groups is 1. The molecule has 2 N–H and O–H groups in total. The molecule has 0 aliphatic carbocycles. The minimum Gasteiger partial charge on any atom is -0.324 e. The normalized spacial score (nSPS) is 10.3. The molecule has 1 amide bonds. The van der Waals surface area contributed by atoms with E-state index in [9.17, 15) is 4.79 Å². The van der Waals surface area contributed by atoms with E-state index in [2.05, 4.69) is 27.2 Å². The van der Waals surface area contributed by atoms with Gasteiger partial charge in [0.15, 0.2) is 0 Å². The molecule has 1 heterocycles. The van der Waals surface area contributed by atoms with Crippen LogP contribution in [0.3, 0.4) is 0 Å². The number of carbonyl (C=O) groups excluding carboxylic acids is 1. The minimum absolute atomic E-state index is 0.262. The molecular formula is C20H17ClN4OS. The van der Waals surface area contributed by atoms with Gasteiger partial charge in [0.25, 0.3) is 0 Å². The average Bonchev–Trinajstić information content (AvgIpc) is 2.66. The summed E-state index contributed by atoms with van der Waals surface area (Å²) in [6.07, 6.45) is 2.79. The van der Waals surface area contributed by atoms with E-state index >= 15 is 0 Å². The van der Waals surface area contributed by atoms with Gasteiger partial charge in [0, 0.05) is 16.3 Å². The van der Waals surface area contributed by atoms with Crippen molar-refractivity contribution in [2.24, 2.45) is 0 Å². The van der Waals surface area contributed by atoms with Crippen LogP contribution in [0.5, 0.6) is 0 Å². The SMILES string of the molecule is C=CC(=O)Nc1cccc(Sc2nc(Nc3ccc(C)cc3)ncc2Cl)c1. The fraction of sp³-hybridized carbons (Fsp3) is 0.0500. The molecule has 3 rings (SSSR count). The van der Waals surface area contributed by atoms with Gasteiger partial charge in [-0.1, -0.05) is 53.7 Å². The van der Waals surface area contributed by atoms with Crippen molar-refractivity contribution in [2.45, 2.75) is 16.8 Å². The first kappa shape index (κ1) is 18.9. The highest BCUT2D eigenvalue weighted by Crippen LogP contribution is 2.33. The van der Waals surface area contributed by atoms with Gasteiger partial charge in [-0.3, -0.25) is 4.79 Å². The second kappa shape index (κ2) is 8.70. The summed E-state index contributed by atoms with van der Waals surface area (Å²) in [5, 5.41) is 6.97. The Hall–Kier alpha value is -2.83. The van der Waals surface area contributed by atoms with Crippen molar-refractivity contribution in [3.05, 3.63) is 78.0 Å². The van der Waals surface area contributed by atoms with Crippen LogP contribution < -0.4 is 10.6 Å². The van der Waals surface area contributed by atoms with Crippen LogP contribution in [0.15, 0.2) is 77.3 Å². The van der Waals surface area contributed by atoms with Gasteiger partial charge in [0.05, 0.1) is 11.2 Å². The lowest BCUT2D eigenvalue weighted by Crippen LogP contribution is -2.06. The number of nitrogens with zero attached hydrogens (tertiary/aromatic N) is 2. The summed E-state index contributed by atoms with van der Waals surface area (Å²) in [4.78, 5) is 21.1. The number of benzene rings is 2. The maximum absolute atomic E-state index is 11.5. The third kappa shape index (κ3) is 5.32. The fourth-order valence-electron chi connectivity index (χ4n) is 2.19. The first-order chi connectivity index (χ1) is 13.0. The number of amides is 1. The van der Waals surface area contributed by atoms with Crippen LogP contribution in [-0.2, 0) is 4.79 Å². The number of aromatic nitrogens is 2. The van der Waals surface area contributed by atoms with E-state index in [-0.39, 0.29) is 5.91 Å². The quantitative estimate of drug-likeness (QED) is 0.428. The average molecular weight is 397 g/mol. The van der Waals surface area contributed by atoms with Crippen LogP contribution in [0.2, 0.25) is 5.02 Å². The van der Waals surface area contributed by atoms with Crippen LogP contribution in [0, 0.1) is 6.92 Å². The molecule has 0 fully saturated rings. The molecule has 0 saturated carbocycles. The molecule has 0 radical (unpaired) electrons. The molecule has 2 aromatic carbocycles. The maximum Gasteiger partial charge on any atom is 0.247 e. The predicted molar refractivity (Wildman–Crippen MR) is 111 cm³/mol. The number of halogens is 1. The van der Waals surface area contributed by atoms with E-state index in [4.69, 9.17) is 11.6 Å². The van der Waals surface area contributed by atoms with Crippen LogP contribution >= 0.6 is 23.4 Å². The highest BCUT2D eigenvalue weighted by atomic mass is 35.5. The zero-order chi connectivity index (χ0) is 19.2. The van der Waals surface area contributed by atoms with E-state index < -0.39 is 0 Å². The van der Waals surface area contributed by atoms with Gasteiger partial charge in [0.2, 0.25) is 11.9 Å². The van der Waals surface area contributed by atoms with Gasteiger partial charge in [-0.05, 0) is 43.3 Å². The lowest BCUT2D eigenvalue weighted by molar-refractivity contribution is -0.111. The summed E-state index contributed by atoms with van der Waals surface area (Å²) in [6, 6.07) is 15.4. The Bertz CT molecular complexity index is 976. The molecule has 5 nitrogen and oxygen atoms in total. The Balaban J connectivity index is 1.78. The maximum atomic E-state index is 11.5. The lowest BCUT2D eigenvalue weighted by Gasteiger charge is -2.09. The number of aryl methyl sites for hydroxylation is 1.